The summed E-state index contributed by atoms with van der Waals surface area (Å²) in [6, 6.07) is 0.191. The Hall–Kier alpha value is -0.880. The van der Waals surface area contributed by atoms with Crippen molar-refractivity contribution in [3.8, 4) is 0 Å². The number of ketones is 1. The quantitative estimate of drug-likeness (QED) is 0.843. The van der Waals surface area contributed by atoms with Crippen LogP contribution in [0, 0.1) is 5.92 Å². The molecule has 1 saturated heterocycles. The van der Waals surface area contributed by atoms with Gasteiger partial charge in [0.1, 0.15) is 5.78 Å². The second kappa shape index (κ2) is 6.05. The van der Waals surface area contributed by atoms with Crippen molar-refractivity contribution in [2.75, 3.05) is 25.1 Å². The van der Waals surface area contributed by atoms with Gasteiger partial charge >= 0.3 is 0 Å². The van der Waals surface area contributed by atoms with Crippen LogP contribution in [-0.4, -0.2) is 45.9 Å². The highest BCUT2D eigenvalue weighted by Crippen LogP contribution is 2.29. The number of hydrogen-bond donors (Lipinski definition) is 0. The van der Waals surface area contributed by atoms with Crippen molar-refractivity contribution in [2.45, 2.75) is 32.7 Å². The van der Waals surface area contributed by atoms with Crippen LogP contribution >= 0.6 is 11.8 Å². The van der Waals surface area contributed by atoms with Gasteiger partial charge in [-0.1, -0.05) is 19.0 Å². The fourth-order valence-electron chi connectivity index (χ4n) is 2.40. The lowest BCUT2D eigenvalue weighted by Crippen LogP contribution is -2.33. The molecule has 0 spiro atoms. The molecule has 2 atom stereocenters. The van der Waals surface area contributed by atoms with Crippen molar-refractivity contribution in [3.05, 3.63) is 11.7 Å². The van der Waals surface area contributed by atoms with E-state index in [1.807, 2.05) is 25.6 Å². The summed E-state index contributed by atoms with van der Waals surface area (Å²) in [5.74, 6) is 3.24. The molecule has 1 aliphatic heterocycles. The van der Waals surface area contributed by atoms with E-state index in [0.29, 0.717) is 11.7 Å². The summed E-state index contributed by atoms with van der Waals surface area (Å²) in [6.07, 6.45) is 0. The normalized spacial score (nSPS) is 22.7. The molecule has 2 rings (SSSR count). The molecule has 5 nitrogen and oxygen atoms in total. The van der Waals surface area contributed by atoms with Crippen molar-refractivity contribution >= 4 is 17.5 Å². The van der Waals surface area contributed by atoms with Crippen LogP contribution in [0.25, 0.3) is 0 Å². The van der Waals surface area contributed by atoms with Gasteiger partial charge in [-0.15, -0.1) is 0 Å². The molecule has 6 heteroatoms. The zero-order valence-corrected chi connectivity index (χ0v) is 12.7. The summed E-state index contributed by atoms with van der Waals surface area (Å²) in [5.41, 5.74) is 0. The van der Waals surface area contributed by atoms with Gasteiger partial charge in [0, 0.05) is 18.1 Å². The Morgan fingerprint density at radius 2 is 2.26 bits per heavy atom. The molecule has 0 amide bonds. The van der Waals surface area contributed by atoms with Crippen molar-refractivity contribution in [1.29, 1.82) is 0 Å². The predicted octanol–water partition coefficient (Wildman–Crippen LogP) is 2.12. The second-order valence-corrected chi connectivity index (χ2v) is 6.54. The number of carbonyl (C=O) groups excluding carboxylic acids is 1. The summed E-state index contributed by atoms with van der Waals surface area (Å²) in [4.78, 5) is 18.4. The molecule has 0 radical (unpaired) electrons. The minimum atomic E-state index is -0.289. The second-order valence-electron chi connectivity index (χ2n) is 5.39. The maximum Gasteiger partial charge on any atom is 0.237 e. The van der Waals surface area contributed by atoms with Gasteiger partial charge in [0.15, 0.2) is 5.82 Å². The number of hydrogen-bond acceptors (Lipinski definition) is 6. The standard InChI is InChI=1S/C13H21N3O2S/c1-8(2)11(9(3)17)13-14-12(15-18-13)10-7-19-6-5-16(10)4/h8,10-11H,5-7H2,1-4H3. The molecule has 0 aromatic carbocycles. The van der Waals surface area contributed by atoms with Gasteiger partial charge < -0.3 is 4.52 Å². The highest BCUT2D eigenvalue weighted by Gasteiger charge is 2.30. The summed E-state index contributed by atoms with van der Waals surface area (Å²) in [5, 5.41) is 4.08. The van der Waals surface area contributed by atoms with Crippen molar-refractivity contribution in [3.63, 3.8) is 0 Å². The van der Waals surface area contributed by atoms with Crippen LogP contribution in [0.2, 0.25) is 0 Å². The first kappa shape index (κ1) is 14.5. The van der Waals surface area contributed by atoms with E-state index in [2.05, 4.69) is 22.1 Å². The maximum absolute atomic E-state index is 11.7. The van der Waals surface area contributed by atoms with Crippen LogP contribution in [0.4, 0.5) is 0 Å². The number of aromatic nitrogens is 2. The topological polar surface area (TPSA) is 59.2 Å². The lowest BCUT2D eigenvalue weighted by molar-refractivity contribution is -0.119. The minimum Gasteiger partial charge on any atom is -0.338 e. The Morgan fingerprint density at radius 1 is 1.53 bits per heavy atom. The lowest BCUT2D eigenvalue weighted by Gasteiger charge is -2.29. The summed E-state index contributed by atoms with van der Waals surface area (Å²) < 4.78 is 5.33. The molecule has 1 fully saturated rings. The van der Waals surface area contributed by atoms with Gasteiger partial charge in [-0.3, -0.25) is 9.69 Å². The summed E-state index contributed by atoms with van der Waals surface area (Å²) in [6.45, 7) is 6.60. The van der Waals surface area contributed by atoms with Gasteiger partial charge in [0.2, 0.25) is 5.89 Å². The van der Waals surface area contributed by atoms with Crippen molar-refractivity contribution in [2.24, 2.45) is 5.92 Å². The van der Waals surface area contributed by atoms with E-state index in [1.54, 1.807) is 6.92 Å². The predicted molar refractivity (Wildman–Crippen MR) is 75.3 cm³/mol. The Kier molecular flexibility index (Phi) is 4.62. The van der Waals surface area contributed by atoms with Gasteiger partial charge in [-0.2, -0.15) is 16.7 Å². The van der Waals surface area contributed by atoms with Gasteiger partial charge in [0.25, 0.3) is 0 Å². The summed E-state index contributed by atoms with van der Waals surface area (Å²) >= 11 is 1.90. The third-order valence-electron chi connectivity index (χ3n) is 3.52. The average Bonchev–Trinajstić information content (AvgIpc) is 2.77. The molecular weight excluding hydrogens is 262 g/mol. The average molecular weight is 283 g/mol. The van der Waals surface area contributed by atoms with Crippen LogP contribution < -0.4 is 0 Å². The Balaban J connectivity index is 2.20. The van der Waals surface area contributed by atoms with Crippen LogP contribution in [0.3, 0.4) is 0 Å². The smallest absolute Gasteiger partial charge is 0.237 e. The molecular formula is C13H21N3O2S. The first-order valence-corrected chi connectivity index (χ1v) is 7.78. The molecule has 2 heterocycles. The largest absolute Gasteiger partial charge is 0.338 e. The lowest BCUT2D eigenvalue weighted by atomic mass is 9.92. The zero-order chi connectivity index (χ0) is 14.0. The first-order valence-electron chi connectivity index (χ1n) is 6.62. The van der Waals surface area contributed by atoms with E-state index >= 15 is 0 Å². The SMILES string of the molecule is CC(=O)C(c1nc(C2CSCCN2C)no1)C(C)C. The molecule has 1 aromatic rings. The number of nitrogens with zero attached hydrogens (tertiary/aromatic N) is 3. The van der Waals surface area contributed by atoms with E-state index < -0.39 is 0 Å². The minimum absolute atomic E-state index is 0.0802. The van der Waals surface area contributed by atoms with E-state index in [-0.39, 0.29) is 23.7 Å². The highest BCUT2D eigenvalue weighted by atomic mass is 32.2. The van der Waals surface area contributed by atoms with Crippen molar-refractivity contribution in [1.82, 2.24) is 15.0 Å². The molecule has 1 aromatic heterocycles. The number of thioether (sulfide) groups is 1. The Morgan fingerprint density at radius 3 is 2.84 bits per heavy atom. The monoisotopic (exact) mass is 283 g/mol. The molecule has 2 unspecified atom stereocenters. The number of carbonyl (C=O) groups is 1. The number of Topliss-reactive ketones (excluding diaryl/α,β-unsaturated/α-hetero) is 1. The summed E-state index contributed by atoms with van der Waals surface area (Å²) in [7, 11) is 2.07. The van der Waals surface area contributed by atoms with Crippen LogP contribution in [0.1, 0.15) is 44.4 Å². The molecule has 0 saturated carbocycles. The van der Waals surface area contributed by atoms with Gasteiger partial charge in [0.05, 0.1) is 12.0 Å². The molecule has 1 aliphatic rings. The Bertz CT molecular complexity index is 447. The van der Waals surface area contributed by atoms with Gasteiger partial charge in [-0.25, -0.2) is 0 Å². The van der Waals surface area contributed by atoms with Crippen LogP contribution in [0.5, 0.6) is 0 Å². The third-order valence-corrected chi connectivity index (χ3v) is 4.54. The number of rotatable bonds is 4. The zero-order valence-electron chi connectivity index (χ0n) is 11.9. The molecule has 19 heavy (non-hydrogen) atoms. The fraction of sp³-hybridized carbons (Fsp3) is 0.769. The van der Waals surface area contributed by atoms with Crippen molar-refractivity contribution < 1.29 is 9.32 Å². The Labute approximate surface area is 118 Å². The van der Waals surface area contributed by atoms with E-state index in [4.69, 9.17) is 4.52 Å². The third kappa shape index (κ3) is 3.17. The van der Waals surface area contributed by atoms with E-state index in [0.717, 1.165) is 18.1 Å². The van der Waals surface area contributed by atoms with Gasteiger partial charge in [-0.05, 0) is 19.9 Å². The van der Waals surface area contributed by atoms with E-state index in [1.165, 1.54) is 0 Å². The molecule has 0 bridgehead atoms. The maximum atomic E-state index is 11.7. The van der Waals surface area contributed by atoms with Crippen LogP contribution in [0.15, 0.2) is 4.52 Å². The van der Waals surface area contributed by atoms with E-state index in [9.17, 15) is 4.79 Å². The molecule has 0 aliphatic carbocycles. The van der Waals surface area contributed by atoms with Crippen LogP contribution in [-0.2, 0) is 4.79 Å². The molecule has 0 N–H and O–H groups in total. The fourth-order valence-corrected chi connectivity index (χ4v) is 3.61. The first-order chi connectivity index (χ1) is 9.00. The molecule has 106 valence electrons. The highest BCUT2D eigenvalue weighted by molar-refractivity contribution is 7.99.